The Morgan fingerprint density at radius 1 is 1.11 bits per heavy atom. The number of carbonyl (C=O) groups excluding carboxylic acids is 1. The lowest BCUT2D eigenvalue weighted by molar-refractivity contribution is -0.385. The van der Waals surface area contributed by atoms with Gasteiger partial charge in [-0.1, -0.05) is 6.07 Å². The lowest BCUT2D eigenvalue weighted by Gasteiger charge is -2.11. The van der Waals surface area contributed by atoms with E-state index in [2.05, 4.69) is 5.32 Å². The first-order valence-corrected chi connectivity index (χ1v) is 9.31. The summed E-state index contributed by atoms with van der Waals surface area (Å²) in [6.45, 7) is 1.64. The second kappa shape index (κ2) is 6.91. The minimum Gasteiger partial charge on any atom is -0.508 e. The molecule has 0 bridgehead atoms. The third-order valence-corrected chi connectivity index (χ3v) is 4.88. The van der Waals surface area contributed by atoms with E-state index >= 15 is 0 Å². The molecule has 1 amide bonds. The zero-order chi connectivity index (χ0) is 20.6. The molecule has 0 fully saturated rings. The molecule has 0 unspecified atom stereocenters. The first kappa shape index (κ1) is 19.3. The fourth-order valence-corrected chi connectivity index (χ4v) is 3.30. The average molecular weight is 402 g/mol. The molecular formula is C18H14N2O7S. The fraction of sp³-hybridized carbons (Fsp3) is 0.0556. The van der Waals surface area contributed by atoms with Crippen LogP contribution < -0.4 is 5.32 Å². The number of nitrogens with one attached hydrogen (secondary N) is 1. The number of rotatable bonds is 4. The van der Waals surface area contributed by atoms with Crippen molar-refractivity contribution in [2.24, 2.45) is 0 Å². The topological polar surface area (TPSA) is 147 Å². The number of benzene rings is 3. The number of hydrogen-bond donors (Lipinski definition) is 3. The minimum atomic E-state index is -4.60. The van der Waals surface area contributed by atoms with Crippen LogP contribution in [0.25, 0.3) is 10.8 Å². The van der Waals surface area contributed by atoms with Crippen molar-refractivity contribution in [1.82, 2.24) is 0 Å². The summed E-state index contributed by atoms with van der Waals surface area (Å²) in [5.41, 5.74) is -0.00674. The van der Waals surface area contributed by atoms with Gasteiger partial charge in [0.25, 0.3) is 21.7 Å². The lowest BCUT2D eigenvalue weighted by atomic mass is 10.1. The number of phenolic OH excluding ortho intramolecular Hbond substituents is 1. The molecule has 9 nitrogen and oxygen atoms in total. The summed E-state index contributed by atoms with van der Waals surface area (Å²) in [5.74, 6) is -0.972. The van der Waals surface area contributed by atoms with E-state index in [0.29, 0.717) is 10.9 Å². The Balaban J connectivity index is 2.14. The molecule has 3 aromatic rings. The second-order valence-electron chi connectivity index (χ2n) is 6.08. The number of nitro benzene ring substituents is 1. The molecule has 0 saturated heterocycles. The van der Waals surface area contributed by atoms with Crippen LogP contribution in [-0.2, 0) is 10.1 Å². The Kier molecular flexibility index (Phi) is 4.75. The Hall–Kier alpha value is -3.50. The molecule has 0 spiro atoms. The number of carbonyl (C=O) groups is 1. The SMILES string of the molecule is Cc1ccc(C(=O)Nc2cc(S(=O)(=O)O)cc3cc(O)ccc23)c([N+](=O)[O-])c1. The van der Waals surface area contributed by atoms with Gasteiger partial charge in [0.1, 0.15) is 11.3 Å². The summed E-state index contributed by atoms with van der Waals surface area (Å²) in [5, 5.41) is 23.9. The summed E-state index contributed by atoms with van der Waals surface area (Å²) in [6.07, 6.45) is 0. The molecule has 0 saturated carbocycles. The standard InChI is InChI=1S/C18H14N2O7S/c1-10-2-4-15(17(6-10)20(23)24)18(22)19-16-9-13(28(25,26)27)8-11-7-12(21)3-5-14(11)16/h2-9,21H,1H3,(H,19,22)(H,25,26,27). The smallest absolute Gasteiger partial charge is 0.294 e. The van der Waals surface area contributed by atoms with Gasteiger partial charge in [-0.3, -0.25) is 19.5 Å². The first-order valence-electron chi connectivity index (χ1n) is 7.87. The number of phenols is 1. The predicted molar refractivity (Wildman–Crippen MR) is 101 cm³/mol. The van der Waals surface area contributed by atoms with Gasteiger partial charge in [-0.05, 0) is 54.3 Å². The van der Waals surface area contributed by atoms with Crippen molar-refractivity contribution in [3.8, 4) is 5.75 Å². The third kappa shape index (κ3) is 3.77. The molecule has 28 heavy (non-hydrogen) atoms. The maximum atomic E-state index is 12.6. The first-order chi connectivity index (χ1) is 13.1. The quantitative estimate of drug-likeness (QED) is 0.345. The summed E-state index contributed by atoms with van der Waals surface area (Å²) in [6, 6.07) is 10.3. The molecule has 0 aliphatic carbocycles. The molecule has 10 heteroatoms. The van der Waals surface area contributed by atoms with Gasteiger partial charge < -0.3 is 10.4 Å². The highest BCUT2D eigenvalue weighted by atomic mass is 32.2. The Bertz CT molecular complexity index is 1240. The molecule has 0 atom stereocenters. The number of nitro groups is 1. The number of nitrogens with zero attached hydrogens (tertiary/aromatic N) is 1. The van der Waals surface area contributed by atoms with Gasteiger partial charge in [-0.25, -0.2) is 0 Å². The van der Waals surface area contributed by atoms with E-state index in [9.17, 15) is 33.0 Å². The molecule has 3 N–H and O–H groups in total. The lowest BCUT2D eigenvalue weighted by Crippen LogP contribution is -2.15. The van der Waals surface area contributed by atoms with E-state index in [0.717, 1.165) is 12.1 Å². The summed E-state index contributed by atoms with van der Waals surface area (Å²) >= 11 is 0. The summed E-state index contributed by atoms with van der Waals surface area (Å²) < 4.78 is 32.4. The van der Waals surface area contributed by atoms with Crippen molar-refractivity contribution < 1.29 is 27.8 Å². The van der Waals surface area contributed by atoms with Crippen molar-refractivity contribution in [2.45, 2.75) is 11.8 Å². The number of aryl methyl sites for hydroxylation is 1. The van der Waals surface area contributed by atoms with Gasteiger partial charge in [-0.15, -0.1) is 0 Å². The van der Waals surface area contributed by atoms with E-state index < -0.39 is 31.5 Å². The summed E-state index contributed by atoms with van der Waals surface area (Å²) in [4.78, 5) is 22.7. The van der Waals surface area contributed by atoms with Gasteiger partial charge in [0.15, 0.2) is 0 Å². The Morgan fingerprint density at radius 3 is 2.46 bits per heavy atom. The van der Waals surface area contributed by atoms with Gasteiger partial charge >= 0.3 is 0 Å². The number of anilines is 1. The van der Waals surface area contributed by atoms with Crippen LogP contribution in [0.5, 0.6) is 5.75 Å². The highest BCUT2D eigenvalue weighted by Gasteiger charge is 2.22. The van der Waals surface area contributed by atoms with Gasteiger partial charge in [0.05, 0.1) is 15.5 Å². The van der Waals surface area contributed by atoms with E-state index in [-0.39, 0.29) is 22.4 Å². The maximum absolute atomic E-state index is 12.6. The van der Waals surface area contributed by atoms with Crippen molar-refractivity contribution in [2.75, 3.05) is 5.32 Å². The largest absolute Gasteiger partial charge is 0.508 e. The highest BCUT2D eigenvalue weighted by molar-refractivity contribution is 7.85. The van der Waals surface area contributed by atoms with Gasteiger partial charge in [-0.2, -0.15) is 8.42 Å². The number of amides is 1. The maximum Gasteiger partial charge on any atom is 0.294 e. The van der Waals surface area contributed by atoms with Crippen molar-refractivity contribution in [1.29, 1.82) is 0 Å². The van der Waals surface area contributed by atoms with E-state index in [1.54, 1.807) is 6.92 Å². The van der Waals surface area contributed by atoms with Gasteiger partial charge in [0, 0.05) is 11.5 Å². The highest BCUT2D eigenvalue weighted by Crippen LogP contribution is 2.31. The number of hydrogen-bond acceptors (Lipinski definition) is 6. The van der Waals surface area contributed by atoms with Crippen molar-refractivity contribution >= 4 is 38.2 Å². The second-order valence-corrected chi connectivity index (χ2v) is 7.50. The van der Waals surface area contributed by atoms with Crippen LogP contribution in [0.15, 0.2) is 53.4 Å². The zero-order valence-corrected chi connectivity index (χ0v) is 15.2. The van der Waals surface area contributed by atoms with E-state index in [4.69, 9.17) is 0 Å². The molecule has 0 aliphatic heterocycles. The van der Waals surface area contributed by atoms with Crippen LogP contribution in [0.3, 0.4) is 0 Å². The zero-order valence-electron chi connectivity index (χ0n) is 14.4. The average Bonchev–Trinajstić information content (AvgIpc) is 2.60. The Morgan fingerprint density at radius 2 is 1.82 bits per heavy atom. The summed E-state index contributed by atoms with van der Waals surface area (Å²) in [7, 11) is -4.60. The number of aromatic hydroxyl groups is 1. The van der Waals surface area contributed by atoms with Gasteiger partial charge in [0.2, 0.25) is 0 Å². The molecule has 0 heterocycles. The van der Waals surface area contributed by atoms with Crippen LogP contribution in [-0.4, -0.2) is 28.9 Å². The predicted octanol–water partition coefficient (Wildman–Crippen LogP) is 3.26. The molecule has 3 rings (SSSR count). The van der Waals surface area contributed by atoms with Crippen molar-refractivity contribution in [3.05, 3.63) is 69.8 Å². The van der Waals surface area contributed by atoms with Crippen LogP contribution in [0, 0.1) is 17.0 Å². The Labute approximate surface area is 159 Å². The van der Waals surface area contributed by atoms with Crippen LogP contribution in [0.1, 0.15) is 15.9 Å². The molecule has 144 valence electrons. The molecule has 0 radical (unpaired) electrons. The van der Waals surface area contributed by atoms with Crippen LogP contribution >= 0.6 is 0 Å². The molecule has 0 aliphatic rings. The normalized spacial score (nSPS) is 11.4. The van der Waals surface area contributed by atoms with E-state index in [1.807, 2.05) is 0 Å². The molecular weight excluding hydrogens is 388 g/mol. The van der Waals surface area contributed by atoms with Crippen LogP contribution in [0.4, 0.5) is 11.4 Å². The van der Waals surface area contributed by atoms with Crippen molar-refractivity contribution in [3.63, 3.8) is 0 Å². The molecule has 0 aromatic heterocycles. The van der Waals surface area contributed by atoms with Crippen LogP contribution in [0.2, 0.25) is 0 Å². The third-order valence-electron chi connectivity index (χ3n) is 4.05. The fourth-order valence-electron chi connectivity index (χ4n) is 2.76. The minimum absolute atomic E-state index is 0.00463. The molecule has 3 aromatic carbocycles. The number of fused-ring (bicyclic) bond motifs is 1. The monoisotopic (exact) mass is 402 g/mol. The van der Waals surface area contributed by atoms with E-state index in [1.165, 1.54) is 36.4 Å².